The van der Waals surface area contributed by atoms with Crippen LogP contribution in [0.4, 0.5) is 0 Å². The lowest BCUT2D eigenvalue weighted by atomic mass is 10.3. The molecule has 0 atom stereocenters. The van der Waals surface area contributed by atoms with E-state index in [1.54, 1.807) is 25.5 Å². The molecule has 1 heterocycles. The van der Waals surface area contributed by atoms with Crippen molar-refractivity contribution in [1.82, 2.24) is 15.2 Å². The number of ether oxygens (including phenoxy) is 2. The quantitative estimate of drug-likeness (QED) is 0.322. The number of aryl methyl sites for hydroxylation is 1. The summed E-state index contributed by atoms with van der Waals surface area (Å²) in [7, 11) is 5.45. The van der Waals surface area contributed by atoms with Gasteiger partial charge in [0.15, 0.2) is 5.96 Å². The maximum Gasteiger partial charge on any atom is 0.193 e. The third-order valence-corrected chi connectivity index (χ3v) is 5.10. The molecule has 0 amide bonds. The number of aromatic nitrogens is 1. The fourth-order valence-electron chi connectivity index (χ4n) is 2.37. The third-order valence-electron chi connectivity index (χ3n) is 3.90. The fourth-order valence-corrected chi connectivity index (χ4v) is 3.23. The predicted molar refractivity (Wildman–Crippen MR) is 123 cm³/mol. The van der Waals surface area contributed by atoms with Crippen LogP contribution in [-0.2, 0) is 12.8 Å². The normalized spacial score (nSPS) is 10.9. The molecule has 0 radical (unpaired) electrons. The van der Waals surface area contributed by atoms with Crippen molar-refractivity contribution >= 4 is 41.3 Å². The Labute approximate surface area is 183 Å². The van der Waals surface area contributed by atoms with E-state index in [0.29, 0.717) is 6.61 Å². The van der Waals surface area contributed by atoms with Gasteiger partial charge in [0.2, 0.25) is 0 Å². The van der Waals surface area contributed by atoms with Crippen LogP contribution in [0.3, 0.4) is 0 Å². The van der Waals surface area contributed by atoms with Gasteiger partial charge in [-0.3, -0.25) is 4.99 Å². The number of nitrogens with zero attached hydrogens (tertiary/aromatic N) is 3. The number of halogens is 1. The van der Waals surface area contributed by atoms with Crippen LogP contribution >= 0.6 is 35.3 Å². The minimum absolute atomic E-state index is 0. The van der Waals surface area contributed by atoms with Gasteiger partial charge in [-0.25, -0.2) is 4.98 Å². The molecule has 0 saturated heterocycles. The lowest BCUT2D eigenvalue weighted by molar-refractivity contribution is 0.281. The van der Waals surface area contributed by atoms with Crippen LogP contribution < -0.4 is 14.8 Å². The molecule has 2 rings (SSSR count). The van der Waals surface area contributed by atoms with E-state index in [1.807, 2.05) is 37.5 Å². The van der Waals surface area contributed by atoms with E-state index >= 15 is 0 Å². The molecule has 150 valence electrons. The Balaban J connectivity index is 0.00000364. The number of rotatable bonds is 9. The summed E-state index contributed by atoms with van der Waals surface area (Å²) in [4.78, 5) is 12.2. The molecule has 0 fully saturated rings. The summed E-state index contributed by atoms with van der Waals surface area (Å²) in [5.41, 5.74) is 0. The highest BCUT2D eigenvalue weighted by Gasteiger charge is 2.07. The number of nitrogens with one attached hydrogen (secondary N) is 1. The molecule has 0 aliphatic rings. The Bertz CT molecular complexity index is 691. The van der Waals surface area contributed by atoms with Gasteiger partial charge in [-0.15, -0.1) is 35.3 Å². The molecule has 1 aromatic heterocycles. The molecule has 8 heteroatoms. The lowest BCUT2D eigenvalue weighted by Crippen LogP contribution is -2.41. The second-order valence-electron chi connectivity index (χ2n) is 5.74. The number of aliphatic imine (C=N–C) groups is 1. The molecule has 1 N–H and O–H groups in total. The van der Waals surface area contributed by atoms with Crippen molar-refractivity contribution in [3.05, 3.63) is 40.3 Å². The van der Waals surface area contributed by atoms with Crippen molar-refractivity contribution in [2.24, 2.45) is 4.99 Å². The minimum Gasteiger partial charge on any atom is -0.497 e. The first-order valence-electron chi connectivity index (χ1n) is 8.78. The van der Waals surface area contributed by atoms with Crippen molar-refractivity contribution in [1.29, 1.82) is 0 Å². The van der Waals surface area contributed by atoms with Crippen molar-refractivity contribution in [3.8, 4) is 11.5 Å². The van der Waals surface area contributed by atoms with Gasteiger partial charge in [-0.2, -0.15) is 0 Å². The van der Waals surface area contributed by atoms with Crippen LogP contribution in [0.1, 0.15) is 16.8 Å². The van der Waals surface area contributed by atoms with Crippen molar-refractivity contribution in [2.75, 3.05) is 40.9 Å². The van der Waals surface area contributed by atoms with Crippen LogP contribution in [0.2, 0.25) is 0 Å². The molecule has 1 aromatic carbocycles. The monoisotopic (exact) mass is 504 g/mol. The zero-order valence-corrected chi connectivity index (χ0v) is 19.5. The van der Waals surface area contributed by atoms with E-state index in [0.717, 1.165) is 48.4 Å². The highest BCUT2D eigenvalue weighted by Crippen LogP contribution is 2.17. The number of thiazole rings is 1. The van der Waals surface area contributed by atoms with Gasteiger partial charge in [0.25, 0.3) is 0 Å². The highest BCUT2D eigenvalue weighted by molar-refractivity contribution is 14.0. The van der Waals surface area contributed by atoms with E-state index in [4.69, 9.17) is 9.47 Å². The van der Waals surface area contributed by atoms with Gasteiger partial charge >= 0.3 is 0 Å². The third kappa shape index (κ3) is 7.92. The second-order valence-corrected chi connectivity index (χ2v) is 6.94. The van der Waals surface area contributed by atoms with Crippen molar-refractivity contribution in [2.45, 2.75) is 19.8 Å². The van der Waals surface area contributed by atoms with Crippen LogP contribution in [0.5, 0.6) is 11.5 Å². The molecular formula is C19H29IN4O2S. The number of likely N-dealkylation sites (N-methyl/N-ethyl adjacent to an activating group) is 1. The number of guanidine groups is 1. The van der Waals surface area contributed by atoms with Gasteiger partial charge in [0.05, 0.1) is 18.7 Å². The van der Waals surface area contributed by atoms with Gasteiger partial charge in [0, 0.05) is 38.1 Å². The zero-order valence-electron chi connectivity index (χ0n) is 16.4. The Kier molecular flexibility index (Phi) is 11.1. The van der Waals surface area contributed by atoms with E-state index in [2.05, 4.69) is 27.1 Å². The molecule has 0 aliphatic heterocycles. The Morgan fingerprint density at radius 1 is 1.26 bits per heavy atom. The number of hydrogen-bond acceptors (Lipinski definition) is 5. The van der Waals surface area contributed by atoms with Crippen molar-refractivity contribution in [3.63, 3.8) is 0 Å². The lowest BCUT2D eigenvalue weighted by Gasteiger charge is -2.22. The molecular weight excluding hydrogens is 475 g/mol. The van der Waals surface area contributed by atoms with Gasteiger partial charge in [-0.1, -0.05) is 6.92 Å². The topological polar surface area (TPSA) is 59.0 Å². The average Bonchev–Trinajstić information content (AvgIpc) is 3.13. The maximum absolute atomic E-state index is 5.77. The SMILES string of the molecule is CCc1cnc(CCNC(=NC)N(C)CCOc2ccc(OC)cc2)s1.I. The van der Waals surface area contributed by atoms with E-state index in [9.17, 15) is 0 Å². The van der Waals surface area contributed by atoms with Crippen LogP contribution in [0.25, 0.3) is 0 Å². The van der Waals surface area contributed by atoms with E-state index in [1.165, 1.54) is 4.88 Å². The summed E-state index contributed by atoms with van der Waals surface area (Å²) in [6, 6.07) is 7.60. The summed E-state index contributed by atoms with van der Waals surface area (Å²) in [6.07, 6.45) is 3.92. The molecule has 0 spiro atoms. The first-order valence-corrected chi connectivity index (χ1v) is 9.60. The Morgan fingerprint density at radius 2 is 1.96 bits per heavy atom. The van der Waals surface area contributed by atoms with E-state index < -0.39 is 0 Å². The fraction of sp³-hybridized carbons (Fsp3) is 0.474. The summed E-state index contributed by atoms with van der Waals surface area (Å²) >= 11 is 1.78. The first-order chi connectivity index (χ1) is 12.7. The summed E-state index contributed by atoms with van der Waals surface area (Å²) in [6.45, 7) is 4.28. The smallest absolute Gasteiger partial charge is 0.193 e. The predicted octanol–water partition coefficient (Wildman–Crippen LogP) is 3.46. The number of methoxy groups -OCH3 is 1. The van der Waals surface area contributed by atoms with Crippen LogP contribution in [-0.4, -0.2) is 56.7 Å². The van der Waals surface area contributed by atoms with Gasteiger partial charge in [-0.05, 0) is 30.7 Å². The molecule has 2 aromatic rings. The summed E-state index contributed by atoms with van der Waals surface area (Å²) < 4.78 is 10.9. The minimum atomic E-state index is 0. The Hall–Kier alpha value is -1.55. The number of benzene rings is 1. The van der Waals surface area contributed by atoms with Gasteiger partial charge in [0.1, 0.15) is 18.1 Å². The van der Waals surface area contributed by atoms with Crippen LogP contribution in [0, 0.1) is 0 Å². The molecule has 0 bridgehead atoms. The molecule has 6 nitrogen and oxygen atoms in total. The standard InChI is InChI=1S/C19H28N4O2S.HI/c1-5-17-14-22-18(26-17)10-11-21-19(20-2)23(3)12-13-25-16-8-6-15(24-4)7-9-16;/h6-9,14H,5,10-13H2,1-4H3,(H,20,21);1H. The zero-order chi connectivity index (χ0) is 18.8. The van der Waals surface area contributed by atoms with E-state index in [-0.39, 0.29) is 24.0 Å². The summed E-state index contributed by atoms with van der Waals surface area (Å²) in [5.74, 6) is 2.51. The maximum atomic E-state index is 5.77. The summed E-state index contributed by atoms with van der Waals surface area (Å²) in [5, 5.41) is 4.54. The highest BCUT2D eigenvalue weighted by atomic mass is 127. The largest absolute Gasteiger partial charge is 0.497 e. The number of hydrogen-bond donors (Lipinski definition) is 1. The molecule has 0 aliphatic carbocycles. The van der Waals surface area contributed by atoms with Gasteiger partial charge < -0.3 is 19.7 Å². The Morgan fingerprint density at radius 3 is 2.56 bits per heavy atom. The molecule has 27 heavy (non-hydrogen) atoms. The average molecular weight is 504 g/mol. The first kappa shape index (κ1) is 23.5. The van der Waals surface area contributed by atoms with Crippen LogP contribution in [0.15, 0.2) is 35.5 Å². The van der Waals surface area contributed by atoms with Crippen molar-refractivity contribution < 1.29 is 9.47 Å². The molecule has 0 saturated carbocycles. The molecule has 0 unspecified atom stereocenters. The second kappa shape index (κ2) is 12.8.